The Labute approximate surface area is 213 Å². The predicted molar refractivity (Wildman–Crippen MR) is 134 cm³/mol. The molecule has 4 rings (SSSR count). The van der Waals surface area contributed by atoms with Gasteiger partial charge in [0.25, 0.3) is 11.8 Å². The third-order valence-electron chi connectivity index (χ3n) is 6.69. The first-order chi connectivity index (χ1) is 17.6. The molecule has 8 heteroatoms. The highest BCUT2D eigenvalue weighted by Crippen LogP contribution is 2.24. The Bertz CT molecular complexity index is 987. The molecule has 1 aromatic rings. The third kappa shape index (κ3) is 6.52. The van der Waals surface area contributed by atoms with Crippen molar-refractivity contribution in [2.45, 2.75) is 44.6 Å². The first-order valence-corrected chi connectivity index (χ1v) is 12.7. The van der Waals surface area contributed by atoms with Crippen LogP contribution in [0.15, 0.2) is 59.9 Å². The number of allylic oxidation sites excluding steroid dienone is 2. The van der Waals surface area contributed by atoms with Gasteiger partial charge in [0.2, 0.25) is 0 Å². The van der Waals surface area contributed by atoms with E-state index in [1.807, 2.05) is 66.1 Å². The molecule has 2 heterocycles. The van der Waals surface area contributed by atoms with E-state index in [-0.39, 0.29) is 37.1 Å². The number of morpholine rings is 2. The Balaban J connectivity index is 1.42. The van der Waals surface area contributed by atoms with Crippen LogP contribution >= 0.6 is 0 Å². The van der Waals surface area contributed by atoms with Crippen molar-refractivity contribution in [3.05, 3.63) is 65.4 Å². The number of benzene rings is 1. The number of hydrogen-bond acceptors (Lipinski definition) is 6. The molecule has 0 N–H and O–H groups in total. The number of nitrogens with zero attached hydrogens (tertiary/aromatic N) is 2. The van der Waals surface area contributed by atoms with E-state index in [0.29, 0.717) is 45.9 Å². The summed E-state index contributed by atoms with van der Waals surface area (Å²) in [7, 11) is 0. The van der Waals surface area contributed by atoms with Crippen LogP contribution in [0.5, 0.6) is 0 Å². The minimum Gasteiger partial charge on any atom is -0.377 e. The molecule has 4 atom stereocenters. The van der Waals surface area contributed by atoms with Gasteiger partial charge in [-0.3, -0.25) is 9.59 Å². The van der Waals surface area contributed by atoms with E-state index < -0.39 is 12.2 Å². The van der Waals surface area contributed by atoms with Crippen LogP contribution in [-0.2, 0) is 28.5 Å². The maximum absolute atomic E-state index is 13.5. The standard InChI is InChI=1S/C28H36N2O6/c1-21-19-33-15-13-29(21)27(31)25(23-9-5-3-6-10-23)35-17-18-36-26(24-11-7-4-8-12-24)28(32)30-14-16-34-20-22(30)2/h3,5-11,21-22,25-26H,12-20H2,1-2H3/t21-,22+,25+,26+/m0/s1. The molecule has 0 unspecified atom stereocenters. The van der Waals surface area contributed by atoms with Gasteiger partial charge >= 0.3 is 0 Å². The zero-order valence-corrected chi connectivity index (χ0v) is 21.1. The Morgan fingerprint density at radius 2 is 1.53 bits per heavy atom. The lowest BCUT2D eigenvalue weighted by atomic mass is 10.0. The molecule has 2 aliphatic heterocycles. The zero-order chi connectivity index (χ0) is 25.3. The first-order valence-electron chi connectivity index (χ1n) is 12.7. The van der Waals surface area contributed by atoms with Gasteiger partial charge in [-0.25, -0.2) is 0 Å². The average Bonchev–Trinajstić information content (AvgIpc) is 2.92. The quantitative estimate of drug-likeness (QED) is 0.387. The van der Waals surface area contributed by atoms with Crippen molar-refractivity contribution in [2.24, 2.45) is 0 Å². The van der Waals surface area contributed by atoms with E-state index in [1.165, 1.54) is 0 Å². The van der Waals surface area contributed by atoms with Gasteiger partial charge in [-0.1, -0.05) is 36.4 Å². The van der Waals surface area contributed by atoms with Crippen molar-refractivity contribution in [3.63, 3.8) is 0 Å². The summed E-state index contributed by atoms with van der Waals surface area (Å²) in [6.45, 7) is 7.44. The van der Waals surface area contributed by atoms with Crippen LogP contribution < -0.4 is 0 Å². The van der Waals surface area contributed by atoms with Crippen LogP contribution in [0.25, 0.3) is 0 Å². The topological polar surface area (TPSA) is 77.5 Å². The fraction of sp³-hybridized carbons (Fsp3) is 0.536. The van der Waals surface area contributed by atoms with E-state index in [4.69, 9.17) is 18.9 Å². The molecule has 2 saturated heterocycles. The van der Waals surface area contributed by atoms with Crippen LogP contribution in [0.1, 0.15) is 31.9 Å². The molecule has 36 heavy (non-hydrogen) atoms. The van der Waals surface area contributed by atoms with Crippen molar-refractivity contribution in [3.8, 4) is 0 Å². The van der Waals surface area contributed by atoms with E-state index in [1.54, 1.807) is 6.08 Å². The molecule has 0 radical (unpaired) electrons. The van der Waals surface area contributed by atoms with E-state index in [0.717, 1.165) is 11.1 Å². The Morgan fingerprint density at radius 3 is 2.08 bits per heavy atom. The number of carbonyl (C=O) groups excluding carboxylic acids is 2. The fourth-order valence-electron chi connectivity index (χ4n) is 4.68. The van der Waals surface area contributed by atoms with Crippen LogP contribution in [0.2, 0.25) is 0 Å². The molecule has 1 aliphatic carbocycles. The molecule has 2 amide bonds. The number of ether oxygens (including phenoxy) is 4. The summed E-state index contributed by atoms with van der Waals surface area (Å²) < 4.78 is 23.3. The highest BCUT2D eigenvalue weighted by Gasteiger charge is 2.34. The highest BCUT2D eigenvalue weighted by atomic mass is 16.5. The molecule has 0 saturated carbocycles. The number of rotatable bonds is 9. The molecule has 3 aliphatic rings. The lowest BCUT2D eigenvalue weighted by Gasteiger charge is -2.36. The second kappa shape index (κ2) is 13.0. The maximum atomic E-state index is 13.5. The van der Waals surface area contributed by atoms with E-state index in [2.05, 4.69) is 5.73 Å². The summed E-state index contributed by atoms with van der Waals surface area (Å²) in [5.74, 6) is -0.157. The second-order valence-electron chi connectivity index (χ2n) is 9.31. The molecule has 0 aromatic heterocycles. The number of carbonyl (C=O) groups is 2. The van der Waals surface area contributed by atoms with Crippen molar-refractivity contribution < 1.29 is 28.5 Å². The predicted octanol–water partition coefficient (Wildman–Crippen LogP) is 2.67. The minimum atomic E-state index is -0.747. The molecular weight excluding hydrogens is 460 g/mol. The third-order valence-corrected chi connectivity index (χ3v) is 6.69. The molecule has 2 fully saturated rings. The van der Waals surface area contributed by atoms with Gasteiger partial charge in [-0.15, -0.1) is 5.73 Å². The van der Waals surface area contributed by atoms with Crippen LogP contribution in [0, 0.1) is 0 Å². The largest absolute Gasteiger partial charge is 0.377 e. The van der Waals surface area contributed by atoms with Gasteiger partial charge in [-0.2, -0.15) is 0 Å². The smallest absolute Gasteiger partial charge is 0.256 e. The second-order valence-corrected chi connectivity index (χ2v) is 9.31. The van der Waals surface area contributed by atoms with Crippen molar-refractivity contribution >= 4 is 11.8 Å². The first kappa shape index (κ1) is 26.3. The Morgan fingerprint density at radius 1 is 0.944 bits per heavy atom. The van der Waals surface area contributed by atoms with Gasteiger partial charge in [0.15, 0.2) is 12.2 Å². The van der Waals surface area contributed by atoms with Gasteiger partial charge in [0, 0.05) is 13.1 Å². The fourth-order valence-corrected chi connectivity index (χ4v) is 4.68. The van der Waals surface area contributed by atoms with Crippen LogP contribution in [0.3, 0.4) is 0 Å². The Kier molecular flexibility index (Phi) is 9.50. The Hall–Kier alpha value is -2.74. The van der Waals surface area contributed by atoms with E-state index >= 15 is 0 Å². The summed E-state index contributed by atoms with van der Waals surface area (Å²) >= 11 is 0. The molecule has 194 valence electrons. The van der Waals surface area contributed by atoms with Gasteiger partial charge in [0.05, 0.1) is 51.7 Å². The zero-order valence-electron chi connectivity index (χ0n) is 21.1. The highest BCUT2D eigenvalue weighted by molar-refractivity contribution is 5.85. The molecule has 1 aromatic carbocycles. The maximum Gasteiger partial charge on any atom is 0.256 e. The normalized spacial score (nSPS) is 23.8. The lowest BCUT2D eigenvalue weighted by Crippen LogP contribution is -2.52. The van der Waals surface area contributed by atoms with Crippen LogP contribution in [0.4, 0.5) is 0 Å². The molecule has 8 nitrogen and oxygen atoms in total. The SMILES string of the molecule is C[C@@H]1COCCN1C(=O)[C@H](OCCO[C@@H](C(=O)N1CCOC[C@@H]1C)c1ccccc1)C1=CC=C=CC1. The molecule has 0 spiro atoms. The average molecular weight is 497 g/mol. The number of hydrogen-bond donors (Lipinski definition) is 0. The summed E-state index contributed by atoms with van der Waals surface area (Å²) in [5, 5.41) is 0. The summed E-state index contributed by atoms with van der Waals surface area (Å²) in [6.07, 6.45) is 4.73. The summed E-state index contributed by atoms with van der Waals surface area (Å²) in [4.78, 5) is 30.5. The van der Waals surface area contributed by atoms with E-state index in [9.17, 15) is 9.59 Å². The van der Waals surface area contributed by atoms with Gasteiger partial charge < -0.3 is 28.7 Å². The molecular formula is C28H36N2O6. The van der Waals surface area contributed by atoms with Crippen molar-refractivity contribution in [1.29, 1.82) is 0 Å². The van der Waals surface area contributed by atoms with Crippen molar-refractivity contribution in [2.75, 3.05) is 52.7 Å². The monoisotopic (exact) mass is 496 g/mol. The summed E-state index contributed by atoms with van der Waals surface area (Å²) in [5.41, 5.74) is 4.72. The van der Waals surface area contributed by atoms with Gasteiger partial charge in [0.1, 0.15) is 0 Å². The van der Waals surface area contributed by atoms with Gasteiger partial charge in [-0.05, 0) is 43.6 Å². The van der Waals surface area contributed by atoms with Crippen LogP contribution in [-0.4, -0.2) is 92.5 Å². The minimum absolute atomic E-state index is 0.0144. The number of amides is 2. The summed E-state index contributed by atoms with van der Waals surface area (Å²) in [6, 6.07) is 9.46. The molecule has 0 bridgehead atoms. The lowest BCUT2D eigenvalue weighted by molar-refractivity contribution is -0.156. The van der Waals surface area contributed by atoms with Crippen molar-refractivity contribution in [1.82, 2.24) is 9.80 Å².